The number of nitro groups is 1. The van der Waals surface area contributed by atoms with Crippen LogP contribution < -0.4 is 4.74 Å². The number of nitrogens with zero attached hydrogens (tertiary/aromatic N) is 2. The third-order valence-electron chi connectivity index (χ3n) is 3.65. The number of likely N-dealkylation sites (tertiary alicyclic amines) is 1. The Morgan fingerprint density at radius 2 is 2.05 bits per heavy atom. The van der Waals surface area contributed by atoms with Crippen molar-refractivity contribution in [3.63, 3.8) is 0 Å². The van der Waals surface area contributed by atoms with Crippen LogP contribution in [-0.2, 0) is 0 Å². The fraction of sp³-hybridized carbons (Fsp3) is 0.538. The zero-order valence-electron chi connectivity index (χ0n) is 11.1. The Morgan fingerprint density at radius 3 is 2.58 bits per heavy atom. The molecule has 0 amide bonds. The Morgan fingerprint density at radius 1 is 1.42 bits per heavy atom. The van der Waals surface area contributed by atoms with Gasteiger partial charge in [0.05, 0.1) is 12.0 Å². The van der Waals surface area contributed by atoms with Crippen molar-refractivity contribution in [3.8, 4) is 5.75 Å². The number of nitro benzene ring substituents is 1. The number of methoxy groups -OCH3 is 1. The summed E-state index contributed by atoms with van der Waals surface area (Å²) < 4.78 is 5.94. The van der Waals surface area contributed by atoms with Crippen molar-refractivity contribution in [1.82, 2.24) is 4.90 Å². The van der Waals surface area contributed by atoms with Crippen molar-refractivity contribution in [3.05, 3.63) is 32.3 Å². The molecule has 104 valence electrons. The monoisotopic (exact) mass is 328 g/mol. The molecule has 0 radical (unpaired) electrons. The average Bonchev–Trinajstić information content (AvgIpc) is 2.39. The van der Waals surface area contributed by atoms with Crippen molar-refractivity contribution >= 4 is 21.6 Å². The smallest absolute Gasteiger partial charge is 0.312 e. The molecule has 0 saturated carbocycles. The van der Waals surface area contributed by atoms with E-state index in [1.165, 1.54) is 7.11 Å². The van der Waals surface area contributed by atoms with Crippen LogP contribution >= 0.6 is 15.9 Å². The molecule has 2 rings (SSSR count). The van der Waals surface area contributed by atoms with Gasteiger partial charge in [0, 0.05) is 10.5 Å². The average molecular weight is 329 g/mol. The summed E-state index contributed by atoms with van der Waals surface area (Å²) >= 11 is 3.46. The van der Waals surface area contributed by atoms with Gasteiger partial charge in [0.1, 0.15) is 0 Å². The van der Waals surface area contributed by atoms with Crippen molar-refractivity contribution < 1.29 is 9.66 Å². The lowest BCUT2D eigenvalue weighted by atomic mass is 9.89. The summed E-state index contributed by atoms with van der Waals surface area (Å²) in [4.78, 5) is 12.8. The van der Waals surface area contributed by atoms with Crippen LogP contribution in [0, 0.1) is 10.1 Å². The lowest BCUT2D eigenvalue weighted by Crippen LogP contribution is -2.29. The zero-order valence-corrected chi connectivity index (χ0v) is 12.6. The Labute approximate surface area is 120 Å². The molecule has 1 aliphatic rings. The second-order valence-corrected chi connectivity index (χ2v) is 5.73. The van der Waals surface area contributed by atoms with E-state index in [0.29, 0.717) is 11.7 Å². The third-order valence-corrected chi connectivity index (χ3v) is 4.34. The Balaban J connectivity index is 2.33. The molecule has 1 aromatic carbocycles. The molecule has 6 heteroatoms. The minimum atomic E-state index is -0.415. The molecule has 1 saturated heterocycles. The maximum Gasteiger partial charge on any atom is 0.312 e. The van der Waals surface area contributed by atoms with Crippen LogP contribution in [0.4, 0.5) is 5.69 Å². The first-order valence-corrected chi connectivity index (χ1v) is 7.02. The largest absolute Gasteiger partial charge is 0.490 e. The summed E-state index contributed by atoms with van der Waals surface area (Å²) in [5.74, 6) is 0.766. The highest BCUT2D eigenvalue weighted by atomic mass is 79.9. The lowest BCUT2D eigenvalue weighted by molar-refractivity contribution is -0.385. The van der Waals surface area contributed by atoms with Gasteiger partial charge < -0.3 is 9.64 Å². The minimum absolute atomic E-state index is 0.00560. The van der Waals surface area contributed by atoms with Crippen molar-refractivity contribution in [2.75, 3.05) is 27.2 Å². The van der Waals surface area contributed by atoms with Gasteiger partial charge in [-0.15, -0.1) is 0 Å². The van der Waals surface area contributed by atoms with Crippen LogP contribution in [0.3, 0.4) is 0 Å². The van der Waals surface area contributed by atoms with E-state index in [4.69, 9.17) is 4.74 Å². The summed E-state index contributed by atoms with van der Waals surface area (Å²) in [5, 5.41) is 11.0. The number of benzene rings is 1. The second kappa shape index (κ2) is 5.88. The molecule has 0 unspecified atom stereocenters. The van der Waals surface area contributed by atoms with Crippen LogP contribution in [0.15, 0.2) is 16.6 Å². The molecule has 5 nitrogen and oxygen atoms in total. The van der Waals surface area contributed by atoms with Crippen LogP contribution in [0.5, 0.6) is 5.75 Å². The lowest BCUT2D eigenvalue weighted by Gasteiger charge is -2.29. The summed E-state index contributed by atoms with van der Waals surface area (Å²) in [6.07, 6.45) is 2.13. The first-order chi connectivity index (χ1) is 9.02. The molecule has 0 bridgehead atoms. The minimum Gasteiger partial charge on any atom is -0.490 e. The van der Waals surface area contributed by atoms with E-state index in [0.717, 1.165) is 36.0 Å². The molecule has 1 aliphatic heterocycles. The van der Waals surface area contributed by atoms with E-state index in [1.807, 2.05) is 0 Å². The predicted molar refractivity (Wildman–Crippen MR) is 76.8 cm³/mol. The standard InChI is InChI=1S/C13H17BrN2O3/c1-15-5-3-9(4-6-15)10-7-13(19-2)12(16(17)18)8-11(10)14/h7-9H,3-6H2,1-2H3. The molecule has 1 aromatic rings. The van der Waals surface area contributed by atoms with E-state index in [1.54, 1.807) is 12.1 Å². The van der Waals surface area contributed by atoms with Gasteiger partial charge in [0.2, 0.25) is 0 Å². The molecule has 0 aliphatic carbocycles. The number of halogens is 1. The molecular formula is C13H17BrN2O3. The molecule has 0 N–H and O–H groups in total. The topological polar surface area (TPSA) is 55.6 Å². The summed E-state index contributed by atoms with van der Waals surface area (Å²) in [6.45, 7) is 2.10. The number of hydrogen-bond donors (Lipinski definition) is 0. The van der Waals surface area contributed by atoms with Crippen molar-refractivity contribution in [1.29, 1.82) is 0 Å². The summed E-state index contributed by atoms with van der Waals surface area (Å²) in [6, 6.07) is 3.35. The van der Waals surface area contributed by atoms with E-state index in [9.17, 15) is 10.1 Å². The number of piperidine rings is 1. The Hall–Kier alpha value is -1.14. The molecule has 1 fully saturated rings. The van der Waals surface area contributed by atoms with Gasteiger partial charge in [-0.2, -0.15) is 0 Å². The molecular weight excluding hydrogens is 312 g/mol. The van der Waals surface area contributed by atoms with Gasteiger partial charge in [-0.25, -0.2) is 0 Å². The third kappa shape index (κ3) is 3.06. The number of hydrogen-bond acceptors (Lipinski definition) is 4. The maximum atomic E-state index is 11.0. The summed E-state index contributed by atoms with van der Waals surface area (Å²) in [7, 11) is 3.58. The highest BCUT2D eigenvalue weighted by Gasteiger charge is 2.24. The van der Waals surface area contributed by atoms with E-state index in [2.05, 4.69) is 27.9 Å². The van der Waals surface area contributed by atoms with Crippen LogP contribution in [0.2, 0.25) is 0 Å². The molecule has 19 heavy (non-hydrogen) atoms. The highest BCUT2D eigenvalue weighted by molar-refractivity contribution is 9.10. The van der Waals surface area contributed by atoms with Crippen molar-refractivity contribution in [2.45, 2.75) is 18.8 Å². The van der Waals surface area contributed by atoms with Gasteiger partial charge in [-0.05, 0) is 50.5 Å². The van der Waals surface area contributed by atoms with Gasteiger partial charge >= 0.3 is 5.69 Å². The van der Waals surface area contributed by atoms with Crippen LogP contribution in [0.1, 0.15) is 24.3 Å². The summed E-state index contributed by atoms with van der Waals surface area (Å²) in [5.41, 5.74) is 1.11. The van der Waals surface area contributed by atoms with Gasteiger partial charge in [-0.1, -0.05) is 15.9 Å². The zero-order chi connectivity index (χ0) is 14.0. The Bertz CT molecular complexity index is 485. The number of rotatable bonds is 3. The molecule has 0 atom stereocenters. The highest BCUT2D eigenvalue weighted by Crippen LogP contribution is 2.39. The predicted octanol–water partition coefficient (Wildman–Crippen LogP) is 3.18. The maximum absolute atomic E-state index is 11.0. The SMILES string of the molecule is COc1cc(C2CCN(C)CC2)c(Br)cc1[N+](=O)[O-]. The van der Waals surface area contributed by atoms with Gasteiger partial charge in [-0.3, -0.25) is 10.1 Å². The first kappa shape index (κ1) is 14.3. The molecule has 1 heterocycles. The van der Waals surface area contributed by atoms with Crippen LogP contribution in [0.25, 0.3) is 0 Å². The fourth-order valence-electron chi connectivity index (χ4n) is 2.50. The normalized spacial score (nSPS) is 17.4. The second-order valence-electron chi connectivity index (χ2n) is 4.88. The quantitative estimate of drug-likeness (QED) is 0.631. The van der Waals surface area contributed by atoms with E-state index < -0.39 is 4.92 Å². The van der Waals surface area contributed by atoms with Crippen molar-refractivity contribution in [2.24, 2.45) is 0 Å². The van der Waals surface area contributed by atoms with Crippen LogP contribution in [-0.4, -0.2) is 37.1 Å². The van der Waals surface area contributed by atoms with Gasteiger partial charge in [0.25, 0.3) is 0 Å². The van der Waals surface area contributed by atoms with E-state index >= 15 is 0 Å². The van der Waals surface area contributed by atoms with E-state index in [-0.39, 0.29) is 5.69 Å². The Kier molecular flexibility index (Phi) is 4.42. The first-order valence-electron chi connectivity index (χ1n) is 6.23. The number of ether oxygens (including phenoxy) is 1. The molecule has 0 aromatic heterocycles. The fourth-order valence-corrected chi connectivity index (χ4v) is 3.15. The molecule has 0 spiro atoms. The van der Waals surface area contributed by atoms with Gasteiger partial charge in [0.15, 0.2) is 5.75 Å².